The van der Waals surface area contributed by atoms with Gasteiger partial charge in [-0.2, -0.15) is 24.3 Å². The van der Waals surface area contributed by atoms with Crippen molar-refractivity contribution in [1.29, 1.82) is 0 Å². The van der Waals surface area contributed by atoms with Crippen LogP contribution < -0.4 is 0 Å². The number of hydrogen-bond acceptors (Lipinski definition) is 0. The Kier molecular flexibility index (Phi) is 5.16. The molecule has 3 aliphatic rings. The molecule has 0 unspecified atom stereocenters. The number of rotatable bonds is 3. The quantitative estimate of drug-likeness (QED) is 0.483. The topological polar surface area (TPSA) is 0 Å². The van der Waals surface area contributed by atoms with Gasteiger partial charge in [0.2, 0.25) is 0 Å². The van der Waals surface area contributed by atoms with Crippen LogP contribution in [0.4, 0.5) is 0 Å². The van der Waals surface area contributed by atoms with E-state index in [1.165, 1.54) is 19.3 Å². The Hall–Kier alpha value is 0.0649. The Labute approximate surface area is 127 Å². The molecule has 0 heterocycles. The van der Waals surface area contributed by atoms with Crippen LogP contribution in [0.5, 0.6) is 0 Å². The van der Waals surface area contributed by atoms with Gasteiger partial charge in [0.05, 0.1) is 0 Å². The van der Waals surface area contributed by atoms with Crippen molar-refractivity contribution in [1.82, 2.24) is 0 Å². The summed E-state index contributed by atoms with van der Waals surface area (Å²) in [6.45, 7) is 2.82. The molecule has 0 radical (unpaired) electrons. The molecule has 0 aliphatic heterocycles. The first-order valence-corrected chi connectivity index (χ1v) is 10.0. The largest absolute Gasteiger partial charge is 0.189 e. The molecule has 20 heavy (non-hydrogen) atoms. The van der Waals surface area contributed by atoms with E-state index < -0.39 is 0 Å². The van der Waals surface area contributed by atoms with Gasteiger partial charge in [0.25, 0.3) is 0 Å². The SMILES string of the molecule is C[B-](C1CCCCC1)(C1CCCCC1)C1CCCCC1. The first-order chi connectivity index (χ1) is 9.82. The highest BCUT2D eigenvalue weighted by molar-refractivity contribution is 6.82. The summed E-state index contributed by atoms with van der Waals surface area (Å²) in [5.41, 5.74) is 0. The maximum Gasteiger partial charge on any atom is 0.00697 e. The van der Waals surface area contributed by atoms with Gasteiger partial charge in [-0.15, -0.1) is 0 Å². The lowest BCUT2D eigenvalue weighted by atomic mass is 9.07. The molecule has 0 bridgehead atoms. The van der Waals surface area contributed by atoms with Gasteiger partial charge < -0.3 is 0 Å². The van der Waals surface area contributed by atoms with E-state index in [1.54, 1.807) is 77.0 Å². The molecule has 0 aromatic carbocycles. The second-order valence-electron chi connectivity index (χ2n) is 8.77. The third-order valence-corrected chi connectivity index (χ3v) is 8.00. The van der Waals surface area contributed by atoms with Crippen molar-refractivity contribution in [2.24, 2.45) is 0 Å². The fourth-order valence-electron chi connectivity index (χ4n) is 6.71. The predicted octanol–water partition coefficient (Wildman–Crippen LogP) is 7.07. The molecule has 0 spiro atoms. The second-order valence-corrected chi connectivity index (χ2v) is 8.77. The summed E-state index contributed by atoms with van der Waals surface area (Å²) in [7, 11) is 0. The normalized spacial score (nSPS) is 28.6. The predicted molar refractivity (Wildman–Crippen MR) is 92.1 cm³/mol. The maximum atomic E-state index is 2.82. The van der Waals surface area contributed by atoms with Gasteiger partial charge in [-0.1, -0.05) is 96.3 Å². The highest BCUT2D eigenvalue weighted by Crippen LogP contribution is 2.56. The van der Waals surface area contributed by atoms with E-state index in [2.05, 4.69) is 6.82 Å². The molecule has 0 nitrogen and oxygen atoms in total. The van der Waals surface area contributed by atoms with Crippen molar-refractivity contribution in [2.45, 2.75) is 121 Å². The van der Waals surface area contributed by atoms with Gasteiger partial charge in [-0.25, -0.2) is 0 Å². The number of hydrogen-bond donors (Lipinski definition) is 0. The van der Waals surface area contributed by atoms with Crippen molar-refractivity contribution in [3.63, 3.8) is 0 Å². The molecule has 0 aromatic heterocycles. The molecule has 3 aliphatic carbocycles. The third kappa shape index (κ3) is 2.97. The molecular weight excluding hydrogens is 239 g/mol. The van der Waals surface area contributed by atoms with Crippen LogP contribution in [0.3, 0.4) is 0 Å². The van der Waals surface area contributed by atoms with Gasteiger partial charge in [0.15, 0.2) is 0 Å². The summed E-state index contributed by atoms with van der Waals surface area (Å²) in [6, 6.07) is 0. The minimum atomic E-state index is -0.0808. The van der Waals surface area contributed by atoms with Crippen LogP contribution >= 0.6 is 0 Å². The summed E-state index contributed by atoms with van der Waals surface area (Å²) >= 11 is 0. The van der Waals surface area contributed by atoms with Crippen LogP contribution in [-0.2, 0) is 0 Å². The molecule has 0 N–H and O–H groups in total. The lowest BCUT2D eigenvalue weighted by Gasteiger charge is -2.58. The van der Waals surface area contributed by atoms with Crippen molar-refractivity contribution in [2.75, 3.05) is 0 Å². The lowest BCUT2D eigenvalue weighted by molar-refractivity contribution is 0.417. The van der Waals surface area contributed by atoms with Gasteiger partial charge >= 0.3 is 0 Å². The standard InChI is InChI=1S/C19H36B/c1-20(17-11-5-2-6-12-17,18-13-7-3-8-14-18)19-15-9-4-10-16-19/h17-19H,2-16H2,1H3/q-1. The molecule has 3 fully saturated rings. The van der Waals surface area contributed by atoms with Crippen LogP contribution in [0.1, 0.15) is 96.3 Å². The smallest absolute Gasteiger partial charge is 0.00697 e. The Morgan fingerprint density at radius 3 is 0.950 bits per heavy atom. The molecule has 0 saturated heterocycles. The summed E-state index contributed by atoms with van der Waals surface area (Å²) < 4.78 is 0. The first-order valence-electron chi connectivity index (χ1n) is 10.0. The van der Waals surface area contributed by atoms with Crippen molar-refractivity contribution < 1.29 is 0 Å². The van der Waals surface area contributed by atoms with E-state index in [0.29, 0.717) is 0 Å². The van der Waals surface area contributed by atoms with Crippen molar-refractivity contribution in [3.05, 3.63) is 0 Å². The maximum absolute atomic E-state index is 2.82. The zero-order chi connectivity index (χ0) is 13.8. The second kappa shape index (κ2) is 6.88. The van der Waals surface area contributed by atoms with Crippen LogP contribution in [0, 0.1) is 0 Å². The van der Waals surface area contributed by atoms with E-state index in [4.69, 9.17) is 0 Å². The fourth-order valence-corrected chi connectivity index (χ4v) is 6.71. The molecule has 1 heteroatoms. The van der Waals surface area contributed by atoms with Gasteiger partial charge in [-0.3, -0.25) is 0 Å². The van der Waals surface area contributed by atoms with E-state index in [0.717, 1.165) is 17.5 Å². The summed E-state index contributed by atoms with van der Waals surface area (Å²) in [5, 5.41) is 0. The van der Waals surface area contributed by atoms with Crippen LogP contribution in [0.25, 0.3) is 0 Å². The molecule has 0 atom stereocenters. The minimum Gasteiger partial charge on any atom is -0.189 e. The zero-order valence-corrected chi connectivity index (χ0v) is 13.9. The average molecular weight is 275 g/mol. The first kappa shape index (κ1) is 15.0. The van der Waals surface area contributed by atoms with Gasteiger partial charge in [0, 0.05) is 6.15 Å². The molecular formula is C19H36B-. The Balaban J connectivity index is 1.79. The molecule has 0 amide bonds. The van der Waals surface area contributed by atoms with Crippen molar-refractivity contribution >= 4 is 6.15 Å². The highest BCUT2D eigenvalue weighted by Gasteiger charge is 2.41. The molecule has 3 rings (SSSR count). The minimum absolute atomic E-state index is 0.0808. The molecule has 0 aromatic rings. The molecule has 3 saturated carbocycles. The van der Waals surface area contributed by atoms with Gasteiger partial charge in [0.1, 0.15) is 0 Å². The van der Waals surface area contributed by atoms with Crippen LogP contribution in [0.2, 0.25) is 24.3 Å². The van der Waals surface area contributed by atoms with E-state index in [-0.39, 0.29) is 6.15 Å². The summed E-state index contributed by atoms with van der Waals surface area (Å²) in [6.07, 6.45) is 23.3. The zero-order valence-electron chi connectivity index (χ0n) is 13.9. The van der Waals surface area contributed by atoms with E-state index in [9.17, 15) is 0 Å². The van der Waals surface area contributed by atoms with Crippen LogP contribution in [0.15, 0.2) is 0 Å². The van der Waals surface area contributed by atoms with E-state index in [1.807, 2.05) is 0 Å². The Bertz CT molecular complexity index is 235. The average Bonchev–Trinajstić information content (AvgIpc) is 2.56. The lowest BCUT2D eigenvalue weighted by Crippen LogP contribution is -2.48. The monoisotopic (exact) mass is 275 g/mol. The van der Waals surface area contributed by atoms with Crippen LogP contribution in [-0.4, -0.2) is 6.15 Å². The fraction of sp³-hybridized carbons (Fsp3) is 1.00. The Morgan fingerprint density at radius 1 is 0.450 bits per heavy atom. The summed E-state index contributed by atoms with van der Waals surface area (Å²) in [4.78, 5) is 0. The Morgan fingerprint density at radius 2 is 0.700 bits per heavy atom. The third-order valence-electron chi connectivity index (χ3n) is 8.00. The highest BCUT2D eigenvalue weighted by atomic mass is 14.3. The van der Waals surface area contributed by atoms with Crippen molar-refractivity contribution in [3.8, 4) is 0 Å². The molecule has 116 valence electrons. The van der Waals surface area contributed by atoms with E-state index >= 15 is 0 Å². The van der Waals surface area contributed by atoms with Gasteiger partial charge in [-0.05, 0) is 0 Å². The summed E-state index contributed by atoms with van der Waals surface area (Å²) in [5.74, 6) is 3.40.